The first kappa shape index (κ1) is 10.6. The van der Waals surface area contributed by atoms with E-state index in [1.165, 1.54) is 6.20 Å². The second-order valence-corrected chi connectivity index (χ2v) is 3.57. The van der Waals surface area contributed by atoms with Gasteiger partial charge in [-0.05, 0) is 4.92 Å². The van der Waals surface area contributed by atoms with Crippen LogP contribution in [0.15, 0.2) is 12.4 Å². The van der Waals surface area contributed by atoms with Gasteiger partial charge in [-0.2, -0.15) is 4.57 Å². The van der Waals surface area contributed by atoms with Gasteiger partial charge in [-0.1, -0.05) is 4.98 Å². The Hall–Kier alpha value is -1.58. The van der Waals surface area contributed by atoms with Crippen molar-refractivity contribution in [1.29, 1.82) is 1.43 Å². The SMILES string of the molecule is [2H]O[C@@H]1C(n2ccnc2[N+](=O)[O-])O[C@H](CF)[C@H]1O. The number of aliphatic hydroxyl groups is 2. The molecule has 1 aromatic heterocycles. The van der Waals surface area contributed by atoms with Crippen molar-refractivity contribution in [3.63, 3.8) is 0 Å². The molecule has 0 aromatic carbocycles. The molecule has 1 aliphatic rings. The molecule has 0 spiro atoms. The van der Waals surface area contributed by atoms with Gasteiger partial charge in [-0.25, -0.2) is 4.39 Å². The lowest BCUT2D eigenvalue weighted by molar-refractivity contribution is -0.398. The molecule has 8 nitrogen and oxygen atoms in total. The highest BCUT2D eigenvalue weighted by Gasteiger charge is 2.46. The maximum absolute atomic E-state index is 12.6. The van der Waals surface area contributed by atoms with Gasteiger partial charge in [-0.15, -0.1) is 0 Å². The average Bonchev–Trinajstić information content (AvgIpc) is 2.92. The van der Waals surface area contributed by atoms with Crippen LogP contribution in [0.5, 0.6) is 0 Å². The van der Waals surface area contributed by atoms with Crippen LogP contribution in [0.2, 0.25) is 0 Å². The molecule has 1 unspecified atom stereocenters. The molecule has 9 heteroatoms. The second kappa shape index (κ2) is 4.35. The number of aromatic nitrogens is 2. The molecule has 1 aliphatic heterocycles. The van der Waals surface area contributed by atoms with Crippen molar-refractivity contribution in [1.82, 2.24) is 9.55 Å². The van der Waals surface area contributed by atoms with E-state index in [0.29, 0.717) is 0 Å². The smallest absolute Gasteiger partial charge is 0.390 e. The molecular formula is C8H10FN3O5. The molecule has 0 radical (unpaired) electrons. The quantitative estimate of drug-likeness (QED) is 0.542. The summed E-state index contributed by atoms with van der Waals surface area (Å²) >= 11 is 0. The zero-order valence-electron chi connectivity index (χ0n) is 9.47. The third-order valence-electron chi connectivity index (χ3n) is 2.55. The molecule has 0 aliphatic carbocycles. The highest BCUT2D eigenvalue weighted by atomic mass is 19.1. The predicted octanol–water partition coefficient (Wildman–Crippen LogP) is -0.620. The summed E-state index contributed by atoms with van der Waals surface area (Å²) in [5, 5.41) is 24.6. The standard InChI is InChI=1S/C8H10FN3O5/c9-3-4-5(13)6(14)7(17-4)11-2-1-10-8(11)12(15)16/h1-2,4-7,13-14H,3H2/t4-,5-,6+,7?/m1/s1/i14D. The lowest BCUT2D eigenvalue weighted by atomic mass is 10.1. The van der Waals surface area contributed by atoms with Crippen LogP contribution >= 0.6 is 0 Å². The van der Waals surface area contributed by atoms with E-state index in [4.69, 9.17) is 6.17 Å². The molecule has 94 valence electrons. The Bertz CT molecular complexity index is 444. The molecule has 17 heavy (non-hydrogen) atoms. The largest absolute Gasteiger partial charge is 0.436 e. The molecule has 2 rings (SSSR count). The van der Waals surface area contributed by atoms with Crippen molar-refractivity contribution < 1.29 is 24.3 Å². The summed E-state index contributed by atoms with van der Waals surface area (Å²) in [7, 11) is 0. The second-order valence-electron chi connectivity index (χ2n) is 3.57. The summed E-state index contributed by atoms with van der Waals surface area (Å²) < 4.78 is 25.5. The van der Waals surface area contributed by atoms with E-state index >= 15 is 0 Å². The summed E-state index contributed by atoms with van der Waals surface area (Å²) in [6, 6.07) is 0. The third kappa shape index (κ3) is 1.88. The van der Waals surface area contributed by atoms with E-state index in [0.717, 1.165) is 10.8 Å². The Morgan fingerprint density at radius 1 is 1.76 bits per heavy atom. The fraction of sp³-hybridized carbons (Fsp3) is 0.625. The number of ether oxygens (including phenoxy) is 1. The maximum atomic E-state index is 12.6. The van der Waals surface area contributed by atoms with Crippen molar-refractivity contribution in [2.24, 2.45) is 0 Å². The molecule has 4 atom stereocenters. The number of alkyl halides is 1. The summed E-state index contributed by atoms with van der Waals surface area (Å²) in [5.74, 6) is -0.534. The van der Waals surface area contributed by atoms with Gasteiger partial charge in [0, 0.05) is 0 Å². The Balaban J connectivity index is 2.32. The summed E-state index contributed by atoms with van der Waals surface area (Å²) in [6.07, 6.45) is -2.55. The minimum atomic E-state index is -1.38. The molecule has 1 aromatic rings. The van der Waals surface area contributed by atoms with Crippen LogP contribution in [0.3, 0.4) is 0 Å². The first-order valence-corrected chi connectivity index (χ1v) is 4.78. The number of aliphatic hydroxyl groups excluding tert-OH is 2. The van der Waals surface area contributed by atoms with Crippen molar-refractivity contribution in [3.8, 4) is 0 Å². The molecular weight excluding hydrogens is 237 g/mol. The van der Waals surface area contributed by atoms with Crippen molar-refractivity contribution in [3.05, 3.63) is 22.5 Å². The molecule has 1 saturated heterocycles. The molecule has 0 saturated carbocycles. The Morgan fingerprint density at radius 2 is 2.53 bits per heavy atom. The highest BCUT2D eigenvalue weighted by molar-refractivity contribution is 5.09. The van der Waals surface area contributed by atoms with Gasteiger partial charge in [0.25, 0.3) is 0 Å². The van der Waals surface area contributed by atoms with Gasteiger partial charge >= 0.3 is 5.95 Å². The van der Waals surface area contributed by atoms with Crippen molar-refractivity contribution in [2.75, 3.05) is 6.67 Å². The normalized spacial score (nSPS) is 33.6. The first-order valence-electron chi connectivity index (χ1n) is 5.19. The summed E-state index contributed by atoms with van der Waals surface area (Å²) in [6.45, 7) is -0.986. The zero-order valence-corrected chi connectivity index (χ0v) is 8.47. The number of imidazole rings is 1. The molecule has 0 amide bonds. The van der Waals surface area contributed by atoms with Gasteiger partial charge in [0.2, 0.25) is 7.66 Å². The van der Waals surface area contributed by atoms with Crippen molar-refractivity contribution in [2.45, 2.75) is 24.5 Å². The van der Waals surface area contributed by atoms with Gasteiger partial charge in [0.1, 0.15) is 37.4 Å². The molecule has 1 fully saturated rings. The minimum absolute atomic E-state index is 0.534. The number of nitro groups is 1. The van der Waals surface area contributed by atoms with Crippen LogP contribution < -0.4 is 0 Å². The van der Waals surface area contributed by atoms with Crippen LogP contribution in [0, 0.1) is 10.1 Å². The van der Waals surface area contributed by atoms with Crippen LogP contribution in [0.25, 0.3) is 0 Å². The van der Waals surface area contributed by atoms with Crippen LogP contribution in [-0.2, 0) is 4.74 Å². The van der Waals surface area contributed by atoms with Crippen LogP contribution in [-0.4, -0.2) is 51.1 Å². The molecule has 0 bridgehead atoms. The third-order valence-corrected chi connectivity index (χ3v) is 2.55. The first-order chi connectivity index (χ1) is 8.60. The van der Waals surface area contributed by atoms with Crippen LogP contribution in [0.1, 0.15) is 6.23 Å². The Labute approximate surface area is 95.9 Å². The van der Waals surface area contributed by atoms with E-state index in [2.05, 4.69) is 10.1 Å². The van der Waals surface area contributed by atoms with E-state index in [1.54, 1.807) is 0 Å². The van der Waals surface area contributed by atoms with E-state index < -0.39 is 42.1 Å². The Morgan fingerprint density at radius 3 is 3.12 bits per heavy atom. The average molecular weight is 248 g/mol. The van der Waals surface area contributed by atoms with Gasteiger partial charge < -0.3 is 25.1 Å². The minimum Gasteiger partial charge on any atom is -0.390 e. The summed E-state index contributed by atoms with van der Waals surface area (Å²) in [5.41, 5.74) is 0. The monoisotopic (exact) mass is 248 g/mol. The predicted molar refractivity (Wildman–Crippen MR) is 50.8 cm³/mol. The van der Waals surface area contributed by atoms with Crippen molar-refractivity contribution >= 4 is 5.95 Å². The Kier molecular flexibility index (Phi) is 2.71. The van der Waals surface area contributed by atoms with Crippen LogP contribution in [0.4, 0.5) is 10.3 Å². The lowest BCUT2D eigenvalue weighted by Gasteiger charge is -2.13. The number of rotatable bonds is 4. The number of nitrogens with zero attached hydrogens (tertiary/aromatic N) is 3. The van der Waals surface area contributed by atoms with Gasteiger partial charge in [-0.3, -0.25) is 0 Å². The molecule has 2 N–H and O–H groups in total. The number of hydrogen-bond acceptors (Lipinski definition) is 6. The van der Waals surface area contributed by atoms with E-state index in [1.807, 2.05) is 0 Å². The summed E-state index contributed by atoms with van der Waals surface area (Å²) in [4.78, 5) is 13.5. The van der Waals surface area contributed by atoms with Gasteiger partial charge in [0.15, 0.2) is 0 Å². The fourth-order valence-corrected chi connectivity index (χ4v) is 1.71. The van der Waals surface area contributed by atoms with E-state index in [-0.39, 0.29) is 0 Å². The number of halogens is 1. The fourth-order valence-electron chi connectivity index (χ4n) is 1.71. The topological polar surface area (TPSA) is 111 Å². The maximum Gasteiger partial charge on any atom is 0.436 e. The highest BCUT2D eigenvalue weighted by Crippen LogP contribution is 2.31. The zero-order chi connectivity index (χ0) is 13.3. The number of hydrogen-bond donors (Lipinski definition) is 2. The van der Waals surface area contributed by atoms with Gasteiger partial charge in [0.05, 0.1) is 0 Å². The van der Waals surface area contributed by atoms with E-state index in [9.17, 15) is 19.6 Å². The molecule has 2 heterocycles. The lowest BCUT2D eigenvalue weighted by Crippen LogP contribution is -2.32.